The summed E-state index contributed by atoms with van der Waals surface area (Å²) in [4.78, 5) is 12.7. The zero-order valence-electron chi connectivity index (χ0n) is 13.1. The summed E-state index contributed by atoms with van der Waals surface area (Å²) in [6.45, 7) is 5.04. The van der Waals surface area contributed by atoms with E-state index >= 15 is 0 Å². The minimum absolute atomic E-state index is 0.0305. The Balaban J connectivity index is 2.24. The van der Waals surface area contributed by atoms with Crippen molar-refractivity contribution in [1.29, 1.82) is 0 Å². The summed E-state index contributed by atoms with van der Waals surface area (Å²) >= 11 is 0. The fraction of sp³-hybridized carbons (Fsp3) is 0.316. The molecular formula is C19H22O3. The Morgan fingerprint density at radius 2 is 1.50 bits per heavy atom. The van der Waals surface area contributed by atoms with E-state index in [1.165, 1.54) is 0 Å². The van der Waals surface area contributed by atoms with Crippen molar-refractivity contribution in [1.82, 2.24) is 0 Å². The summed E-state index contributed by atoms with van der Waals surface area (Å²) in [6, 6.07) is 17.0. The molecule has 0 saturated carbocycles. The predicted octanol–water partition coefficient (Wildman–Crippen LogP) is 3.86. The molecule has 2 rings (SSSR count). The Labute approximate surface area is 131 Å². The molecule has 3 nitrogen and oxygen atoms in total. The number of hydrogen-bond acceptors (Lipinski definition) is 3. The van der Waals surface area contributed by atoms with Crippen LogP contribution in [0.4, 0.5) is 0 Å². The molecule has 0 aromatic heterocycles. The van der Waals surface area contributed by atoms with Gasteiger partial charge in [0.1, 0.15) is 0 Å². The van der Waals surface area contributed by atoms with Gasteiger partial charge in [-0.1, -0.05) is 54.6 Å². The molecule has 3 heteroatoms. The second kappa shape index (κ2) is 8.47. The van der Waals surface area contributed by atoms with Crippen LogP contribution >= 0.6 is 0 Å². The van der Waals surface area contributed by atoms with Crippen molar-refractivity contribution in [2.24, 2.45) is 0 Å². The molecule has 0 heterocycles. The van der Waals surface area contributed by atoms with E-state index in [4.69, 9.17) is 9.47 Å². The first-order chi connectivity index (χ1) is 10.8. The van der Waals surface area contributed by atoms with Crippen LogP contribution in [0, 0.1) is 0 Å². The first kappa shape index (κ1) is 16.4. The molecule has 0 unspecified atom stereocenters. The van der Waals surface area contributed by atoms with Crippen molar-refractivity contribution in [2.75, 3.05) is 13.2 Å². The maximum Gasteiger partial charge on any atom is 0.193 e. The van der Waals surface area contributed by atoms with Gasteiger partial charge in [-0.05, 0) is 19.4 Å². The number of rotatable bonds is 8. The van der Waals surface area contributed by atoms with Gasteiger partial charge < -0.3 is 9.47 Å². The summed E-state index contributed by atoms with van der Waals surface area (Å²) in [5.41, 5.74) is 2.35. The van der Waals surface area contributed by atoms with Crippen LogP contribution in [0.2, 0.25) is 0 Å². The molecule has 0 saturated heterocycles. The lowest BCUT2D eigenvalue weighted by molar-refractivity contribution is -0.134. The second-order valence-electron chi connectivity index (χ2n) is 4.90. The third kappa shape index (κ3) is 4.26. The van der Waals surface area contributed by atoms with E-state index in [2.05, 4.69) is 0 Å². The smallest absolute Gasteiger partial charge is 0.193 e. The Hall–Kier alpha value is -1.97. The maximum atomic E-state index is 12.7. The van der Waals surface area contributed by atoms with Crippen LogP contribution in [0.5, 0.6) is 0 Å². The van der Waals surface area contributed by atoms with Crippen LogP contribution in [0.25, 0.3) is 0 Å². The van der Waals surface area contributed by atoms with E-state index in [1.807, 2.05) is 68.4 Å². The molecule has 0 N–H and O–H groups in total. The topological polar surface area (TPSA) is 35.5 Å². The summed E-state index contributed by atoms with van der Waals surface area (Å²) in [5.74, 6) is 0.0305. The summed E-state index contributed by atoms with van der Waals surface area (Å²) < 4.78 is 11.2. The molecule has 2 aromatic carbocycles. The third-order valence-electron chi connectivity index (χ3n) is 3.39. The number of hydrogen-bond donors (Lipinski definition) is 0. The molecule has 0 amide bonds. The van der Waals surface area contributed by atoms with Crippen LogP contribution in [-0.2, 0) is 15.9 Å². The van der Waals surface area contributed by atoms with Crippen molar-refractivity contribution >= 4 is 5.78 Å². The van der Waals surface area contributed by atoms with Crippen molar-refractivity contribution in [3.8, 4) is 0 Å². The molecule has 116 valence electrons. The highest BCUT2D eigenvalue weighted by Crippen LogP contribution is 2.17. The van der Waals surface area contributed by atoms with Gasteiger partial charge in [0.15, 0.2) is 12.1 Å². The predicted molar refractivity (Wildman–Crippen MR) is 87.1 cm³/mol. The molecule has 0 fully saturated rings. The third-order valence-corrected chi connectivity index (χ3v) is 3.39. The highest BCUT2D eigenvalue weighted by molar-refractivity contribution is 6.09. The van der Waals surface area contributed by atoms with Gasteiger partial charge in [0.25, 0.3) is 0 Å². The quantitative estimate of drug-likeness (QED) is 0.548. The molecule has 0 bridgehead atoms. The maximum absolute atomic E-state index is 12.7. The molecule has 0 aliphatic heterocycles. The van der Waals surface area contributed by atoms with Gasteiger partial charge in [-0.25, -0.2) is 0 Å². The molecule has 2 aromatic rings. The van der Waals surface area contributed by atoms with Crippen molar-refractivity contribution < 1.29 is 14.3 Å². The number of carbonyl (C=O) groups excluding carboxylic acids is 1. The first-order valence-electron chi connectivity index (χ1n) is 7.67. The van der Waals surface area contributed by atoms with E-state index in [0.29, 0.717) is 30.8 Å². The molecule has 22 heavy (non-hydrogen) atoms. The van der Waals surface area contributed by atoms with Crippen molar-refractivity contribution in [3.05, 3.63) is 71.3 Å². The standard InChI is InChI=1S/C19H22O3/c1-3-21-18(22-4-2)14-16-12-8-9-13-17(16)19(20)15-10-6-5-7-11-15/h5-13,18H,3-4,14H2,1-2H3. The van der Waals surface area contributed by atoms with Gasteiger partial charge >= 0.3 is 0 Å². The van der Waals surface area contributed by atoms with Gasteiger partial charge in [-0.2, -0.15) is 0 Å². The lowest BCUT2D eigenvalue weighted by Gasteiger charge is -2.18. The molecule has 0 spiro atoms. The molecule has 0 aliphatic rings. The molecule has 0 radical (unpaired) electrons. The van der Waals surface area contributed by atoms with Gasteiger partial charge in [0.05, 0.1) is 0 Å². The average molecular weight is 298 g/mol. The van der Waals surface area contributed by atoms with E-state index in [-0.39, 0.29) is 12.1 Å². The zero-order chi connectivity index (χ0) is 15.8. The molecular weight excluding hydrogens is 276 g/mol. The van der Waals surface area contributed by atoms with E-state index in [1.54, 1.807) is 0 Å². The highest BCUT2D eigenvalue weighted by atomic mass is 16.7. The number of ketones is 1. The van der Waals surface area contributed by atoms with Gasteiger partial charge in [-0.15, -0.1) is 0 Å². The minimum Gasteiger partial charge on any atom is -0.353 e. The lowest BCUT2D eigenvalue weighted by Crippen LogP contribution is -2.21. The Bertz CT molecular complexity index is 587. The molecule has 0 aliphatic carbocycles. The van der Waals surface area contributed by atoms with Crippen molar-refractivity contribution in [3.63, 3.8) is 0 Å². The van der Waals surface area contributed by atoms with Gasteiger partial charge in [0.2, 0.25) is 0 Å². The summed E-state index contributed by atoms with van der Waals surface area (Å²) in [6.07, 6.45) is 0.246. The van der Waals surface area contributed by atoms with Crippen LogP contribution in [0.15, 0.2) is 54.6 Å². The monoisotopic (exact) mass is 298 g/mol. The molecule has 0 atom stereocenters. The lowest BCUT2D eigenvalue weighted by atomic mass is 9.96. The van der Waals surface area contributed by atoms with Crippen LogP contribution in [-0.4, -0.2) is 25.3 Å². The zero-order valence-corrected chi connectivity index (χ0v) is 13.1. The van der Waals surface area contributed by atoms with Crippen molar-refractivity contribution in [2.45, 2.75) is 26.6 Å². The fourth-order valence-corrected chi connectivity index (χ4v) is 2.38. The van der Waals surface area contributed by atoms with Gasteiger partial charge in [-0.3, -0.25) is 4.79 Å². The summed E-state index contributed by atoms with van der Waals surface area (Å²) in [7, 11) is 0. The number of ether oxygens (including phenoxy) is 2. The number of carbonyl (C=O) groups is 1. The van der Waals surface area contributed by atoms with E-state index < -0.39 is 0 Å². The summed E-state index contributed by atoms with van der Waals surface area (Å²) in [5, 5.41) is 0. The Morgan fingerprint density at radius 3 is 2.14 bits per heavy atom. The second-order valence-corrected chi connectivity index (χ2v) is 4.90. The number of benzene rings is 2. The highest BCUT2D eigenvalue weighted by Gasteiger charge is 2.17. The normalized spacial score (nSPS) is 10.9. The van der Waals surface area contributed by atoms with Crippen LogP contribution in [0.1, 0.15) is 35.3 Å². The Kier molecular flexibility index (Phi) is 6.31. The Morgan fingerprint density at radius 1 is 0.909 bits per heavy atom. The SMILES string of the molecule is CCOC(Cc1ccccc1C(=O)c1ccccc1)OCC. The van der Waals surface area contributed by atoms with Crippen LogP contribution in [0.3, 0.4) is 0 Å². The fourth-order valence-electron chi connectivity index (χ4n) is 2.38. The minimum atomic E-state index is -0.320. The van der Waals surface area contributed by atoms with E-state index in [0.717, 1.165) is 5.56 Å². The first-order valence-corrected chi connectivity index (χ1v) is 7.67. The van der Waals surface area contributed by atoms with E-state index in [9.17, 15) is 4.79 Å². The van der Waals surface area contributed by atoms with Crippen LogP contribution < -0.4 is 0 Å². The average Bonchev–Trinajstić information content (AvgIpc) is 2.56. The largest absolute Gasteiger partial charge is 0.353 e. The van der Waals surface area contributed by atoms with Gasteiger partial charge in [0, 0.05) is 30.8 Å².